The van der Waals surface area contributed by atoms with Crippen LogP contribution in [-0.2, 0) is 16.1 Å². The number of anilines is 1. The standard InChI is InChI=1S/C21H22N4O3/c26-20(12-16-6-10-28-14-16)24-18-3-1-17(2-4-18)21(27)23-13-15-5-8-25-9-7-22-19(25)11-15/h1-5,7-9,11,16H,6,10,12-14H2,(H,23,27)(H,24,26). The highest BCUT2D eigenvalue weighted by Crippen LogP contribution is 2.18. The third kappa shape index (κ3) is 4.37. The number of amides is 2. The minimum atomic E-state index is -0.163. The molecule has 7 nitrogen and oxygen atoms in total. The third-order valence-corrected chi connectivity index (χ3v) is 4.84. The fourth-order valence-corrected chi connectivity index (χ4v) is 3.27. The van der Waals surface area contributed by atoms with Gasteiger partial charge in [0.15, 0.2) is 0 Å². The Morgan fingerprint density at radius 1 is 1.18 bits per heavy atom. The molecule has 2 aromatic heterocycles. The van der Waals surface area contributed by atoms with Crippen LogP contribution in [0.5, 0.6) is 0 Å². The van der Waals surface area contributed by atoms with Gasteiger partial charge in [-0.25, -0.2) is 4.98 Å². The highest BCUT2D eigenvalue weighted by atomic mass is 16.5. The Kier molecular flexibility index (Phi) is 5.34. The zero-order valence-electron chi connectivity index (χ0n) is 15.4. The van der Waals surface area contributed by atoms with Crippen LogP contribution in [-0.4, -0.2) is 34.4 Å². The van der Waals surface area contributed by atoms with E-state index in [9.17, 15) is 9.59 Å². The summed E-state index contributed by atoms with van der Waals surface area (Å²) in [6, 6.07) is 10.8. The maximum absolute atomic E-state index is 12.4. The maximum Gasteiger partial charge on any atom is 0.251 e. The zero-order valence-corrected chi connectivity index (χ0v) is 15.4. The number of pyridine rings is 1. The molecule has 0 spiro atoms. The van der Waals surface area contributed by atoms with E-state index in [4.69, 9.17) is 4.74 Å². The van der Waals surface area contributed by atoms with E-state index in [1.807, 2.05) is 28.9 Å². The summed E-state index contributed by atoms with van der Waals surface area (Å²) in [4.78, 5) is 28.7. The average molecular weight is 378 g/mol. The molecule has 0 bridgehead atoms. The highest BCUT2D eigenvalue weighted by Gasteiger charge is 2.19. The fourth-order valence-electron chi connectivity index (χ4n) is 3.27. The van der Waals surface area contributed by atoms with E-state index in [0.717, 1.165) is 24.2 Å². The van der Waals surface area contributed by atoms with Gasteiger partial charge in [0.25, 0.3) is 5.91 Å². The summed E-state index contributed by atoms with van der Waals surface area (Å²) in [6.45, 7) is 1.81. The number of nitrogens with zero attached hydrogens (tertiary/aromatic N) is 2. The molecule has 28 heavy (non-hydrogen) atoms. The molecule has 4 rings (SSSR count). The lowest BCUT2D eigenvalue weighted by atomic mass is 10.0. The summed E-state index contributed by atoms with van der Waals surface area (Å²) >= 11 is 0. The summed E-state index contributed by atoms with van der Waals surface area (Å²) in [5.41, 5.74) is 3.05. The molecule has 144 valence electrons. The van der Waals surface area contributed by atoms with Crippen molar-refractivity contribution in [3.63, 3.8) is 0 Å². The number of ether oxygens (including phenoxy) is 1. The first-order chi connectivity index (χ1) is 13.7. The zero-order chi connectivity index (χ0) is 19.3. The van der Waals surface area contributed by atoms with E-state index in [1.54, 1.807) is 30.5 Å². The van der Waals surface area contributed by atoms with Gasteiger partial charge < -0.3 is 19.8 Å². The number of benzene rings is 1. The number of rotatable bonds is 6. The number of imidazole rings is 1. The number of fused-ring (bicyclic) bond motifs is 1. The number of carbonyl (C=O) groups is 2. The number of nitrogens with one attached hydrogen (secondary N) is 2. The first kappa shape index (κ1) is 18.2. The summed E-state index contributed by atoms with van der Waals surface area (Å²) in [7, 11) is 0. The number of hydrogen-bond donors (Lipinski definition) is 2. The molecule has 0 aliphatic carbocycles. The third-order valence-electron chi connectivity index (χ3n) is 4.84. The van der Waals surface area contributed by atoms with Crippen molar-refractivity contribution in [1.29, 1.82) is 0 Å². The van der Waals surface area contributed by atoms with Gasteiger partial charge in [-0.05, 0) is 54.3 Å². The van der Waals surface area contributed by atoms with Crippen LogP contribution in [0.1, 0.15) is 28.8 Å². The van der Waals surface area contributed by atoms with Crippen LogP contribution in [0.2, 0.25) is 0 Å². The monoisotopic (exact) mass is 378 g/mol. The molecule has 1 fully saturated rings. The Morgan fingerprint density at radius 2 is 2.04 bits per heavy atom. The predicted molar refractivity (Wildman–Crippen MR) is 105 cm³/mol. The summed E-state index contributed by atoms with van der Waals surface area (Å²) in [5.74, 6) is 0.109. The van der Waals surface area contributed by atoms with Crippen molar-refractivity contribution in [2.45, 2.75) is 19.4 Å². The Morgan fingerprint density at radius 3 is 2.82 bits per heavy atom. The summed E-state index contributed by atoms with van der Waals surface area (Å²) < 4.78 is 7.21. The van der Waals surface area contributed by atoms with E-state index >= 15 is 0 Å². The Labute approximate surface area is 162 Å². The molecule has 3 aromatic rings. The molecule has 1 aliphatic heterocycles. The number of aromatic nitrogens is 2. The molecule has 2 amide bonds. The molecule has 7 heteroatoms. The van der Waals surface area contributed by atoms with Gasteiger partial charge in [-0.3, -0.25) is 9.59 Å². The Hall–Kier alpha value is -3.19. The molecule has 3 heterocycles. The van der Waals surface area contributed by atoms with Gasteiger partial charge in [0.05, 0.1) is 0 Å². The fraction of sp³-hybridized carbons (Fsp3) is 0.286. The van der Waals surface area contributed by atoms with Gasteiger partial charge in [-0.2, -0.15) is 0 Å². The molecule has 1 aliphatic rings. The van der Waals surface area contributed by atoms with Crippen molar-refractivity contribution in [1.82, 2.24) is 14.7 Å². The normalized spacial score (nSPS) is 16.2. The van der Waals surface area contributed by atoms with Gasteiger partial charge in [0.1, 0.15) is 5.65 Å². The van der Waals surface area contributed by atoms with Crippen LogP contribution in [0, 0.1) is 5.92 Å². The second kappa shape index (κ2) is 8.22. The van der Waals surface area contributed by atoms with E-state index in [0.29, 0.717) is 36.7 Å². The van der Waals surface area contributed by atoms with Crippen molar-refractivity contribution in [2.75, 3.05) is 18.5 Å². The first-order valence-electron chi connectivity index (χ1n) is 9.35. The van der Waals surface area contributed by atoms with Crippen molar-refractivity contribution in [2.24, 2.45) is 5.92 Å². The van der Waals surface area contributed by atoms with Crippen molar-refractivity contribution in [3.8, 4) is 0 Å². The largest absolute Gasteiger partial charge is 0.381 e. The lowest BCUT2D eigenvalue weighted by molar-refractivity contribution is -0.117. The van der Waals surface area contributed by atoms with E-state index < -0.39 is 0 Å². The van der Waals surface area contributed by atoms with E-state index in [1.165, 1.54) is 0 Å². The molecular weight excluding hydrogens is 356 g/mol. The predicted octanol–water partition coefficient (Wildman–Crippen LogP) is 2.63. The summed E-state index contributed by atoms with van der Waals surface area (Å²) in [6.07, 6.45) is 6.92. The second-order valence-electron chi connectivity index (χ2n) is 6.97. The summed E-state index contributed by atoms with van der Waals surface area (Å²) in [5, 5.41) is 5.78. The topological polar surface area (TPSA) is 84.7 Å². The quantitative estimate of drug-likeness (QED) is 0.691. The first-order valence-corrected chi connectivity index (χ1v) is 9.35. The number of hydrogen-bond acceptors (Lipinski definition) is 4. The Bertz CT molecular complexity index is 975. The Balaban J connectivity index is 1.29. The minimum absolute atomic E-state index is 0.0258. The molecule has 1 aromatic carbocycles. The number of carbonyl (C=O) groups excluding carboxylic acids is 2. The molecule has 1 unspecified atom stereocenters. The van der Waals surface area contributed by atoms with Crippen LogP contribution in [0.3, 0.4) is 0 Å². The van der Waals surface area contributed by atoms with Gasteiger partial charge in [-0.1, -0.05) is 0 Å². The molecule has 1 atom stereocenters. The lowest BCUT2D eigenvalue weighted by Crippen LogP contribution is -2.23. The van der Waals surface area contributed by atoms with Crippen LogP contribution >= 0.6 is 0 Å². The van der Waals surface area contributed by atoms with E-state index in [2.05, 4.69) is 15.6 Å². The van der Waals surface area contributed by atoms with Gasteiger partial charge >= 0.3 is 0 Å². The van der Waals surface area contributed by atoms with E-state index in [-0.39, 0.29) is 11.8 Å². The van der Waals surface area contributed by atoms with Crippen molar-refractivity contribution in [3.05, 3.63) is 66.1 Å². The van der Waals surface area contributed by atoms with Gasteiger partial charge in [0.2, 0.25) is 5.91 Å². The van der Waals surface area contributed by atoms with Gasteiger partial charge in [0, 0.05) is 56.0 Å². The highest BCUT2D eigenvalue weighted by molar-refractivity contribution is 5.95. The van der Waals surface area contributed by atoms with Crippen LogP contribution in [0.4, 0.5) is 5.69 Å². The molecule has 0 saturated carbocycles. The second-order valence-corrected chi connectivity index (χ2v) is 6.97. The molecule has 2 N–H and O–H groups in total. The van der Waals surface area contributed by atoms with Crippen LogP contribution < -0.4 is 10.6 Å². The van der Waals surface area contributed by atoms with Crippen LogP contribution in [0.15, 0.2) is 55.0 Å². The lowest BCUT2D eigenvalue weighted by Gasteiger charge is -2.10. The van der Waals surface area contributed by atoms with Crippen molar-refractivity contribution < 1.29 is 14.3 Å². The van der Waals surface area contributed by atoms with Gasteiger partial charge in [-0.15, -0.1) is 0 Å². The van der Waals surface area contributed by atoms with Crippen LogP contribution in [0.25, 0.3) is 5.65 Å². The molecule has 0 radical (unpaired) electrons. The maximum atomic E-state index is 12.4. The molecule has 1 saturated heterocycles. The average Bonchev–Trinajstić information content (AvgIpc) is 3.38. The molecular formula is C21H22N4O3. The van der Waals surface area contributed by atoms with Crippen molar-refractivity contribution >= 4 is 23.1 Å². The SMILES string of the molecule is O=C(CC1CCOC1)Nc1ccc(C(=O)NCc2ccn3ccnc3c2)cc1. The smallest absolute Gasteiger partial charge is 0.251 e. The minimum Gasteiger partial charge on any atom is -0.381 e.